The topological polar surface area (TPSA) is 71.3 Å². The van der Waals surface area contributed by atoms with Crippen LogP contribution in [0.25, 0.3) is 0 Å². The first kappa shape index (κ1) is 16.6. The Balaban J connectivity index is 1.43. The maximum absolute atomic E-state index is 12.4. The van der Waals surface area contributed by atoms with Crippen molar-refractivity contribution in [2.75, 3.05) is 13.1 Å². The lowest BCUT2D eigenvalue weighted by Gasteiger charge is -2.32. The number of amides is 1. The van der Waals surface area contributed by atoms with Gasteiger partial charge in [-0.05, 0) is 37.8 Å². The molecule has 0 radical (unpaired) electrons. The highest BCUT2D eigenvalue weighted by Crippen LogP contribution is 2.20. The van der Waals surface area contributed by atoms with Crippen molar-refractivity contribution in [3.63, 3.8) is 0 Å². The van der Waals surface area contributed by atoms with Gasteiger partial charge in [-0.25, -0.2) is 0 Å². The summed E-state index contributed by atoms with van der Waals surface area (Å²) < 4.78 is 5.07. The first-order valence-electron chi connectivity index (χ1n) is 8.51. The van der Waals surface area contributed by atoms with Gasteiger partial charge in [-0.15, -0.1) is 0 Å². The molecule has 0 saturated carbocycles. The number of aromatic nitrogens is 2. The number of carbonyl (C=O) groups is 1. The predicted octanol–water partition coefficient (Wildman–Crippen LogP) is 1.87. The van der Waals surface area contributed by atoms with Crippen LogP contribution >= 0.6 is 0 Å². The maximum Gasteiger partial charge on any atom is 0.237 e. The summed E-state index contributed by atoms with van der Waals surface area (Å²) in [6, 6.07) is 8.35. The number of hydrogen-bond acceptors (Lipinski definition) is 5. The first-order chi connectivity index (χ1) is 11.6. The average Bonchev–Trinajstić information content (AvgIpc) is 3.02. The van der Waals surface area contributed by atoms with Crippen LogP contribution in [-0.4, -0.2) is 40.1 Å². The SMILES string of the molecule is Cc1noc(CCCNC(=O)C(C)N2CCc3ccccc3C2)n1. The molecule has 0 bridgehead atoms. The second-order valence-electron chi connectivity index (χ2n) is 6.30. The lowest BCUT2D eigenvalue weighted by atomic mass is 9.99. The molecule has 6 heteroatoms. The van der Waals surface area contributed by atoms with Crippen molar-refractivity contribution >= 4 is 5.91 Å². The highest BCUT2D eigenvalue weighted by Gasteiger charge is 2.24. The van der Waals surface area contributed by atoms with Crippen molar-refractivity contribution in [1.82, 2.24) is 20.4 Å². The molecule has 2 heterocycles. The quantitative estimate of drug-likeness (QED) is 0.820. The van der Waals surface area contributed by atoms with Crippen molar-refractivity contribution < 1.29 is 9.32 Å². The largest absolute Gasteiger partial charge is 0.355 e. The number of hydrogen-bond donors (Lipinski definition) is 1. The molecule has 1 aliphatic heterocycles. The molecule has 128 valence electrons. The Hall–Kier alpha value is -2.21. The number of carbonyl (C=O) groups excluding carboxylic acids is 1. The summed E-state index contributed by atoms with van der Waals surface area (Å²) in [6.45, 7) is 6.16. The van der Waals surface area contributed by atoms with Crippen LogP contribution in [0.1, 0.15) is 36.2 Å². The van der Waals surface area contributed by atoms with E-state index in [-0.39, 0.29) is 11.9 Å². The van der Waals surface area contributed by atoms with Gasteiger partial charge >= 0.3 is 0 Å². The van der Waals surface area contributed by atoms with Crippen LogP contribution in [0.5, 0.6) is 0 Å². The minimum atomic E-state index is -0.121. The molecule has 1 atom stereocenters. The monoisotopic (exact) mass is 328 g/mol. The fourth-order valence-electron chi connectivity index (χ4n) is 3.05. The molecule has 24 heavy (non-hydrogen) atoms. The molecule has 0 spiro atoms. The summed E-state index contributed by atoms with van der Waals surface area (Å²) in [6.07, 6.45) is 2.49. The summed E-state index contributed by atoms with van der Waals surface area (Å²) >= 11 is 0. The van der Waals surface area contributed by atoms with Crippen LogP contribution in [0.3, 0.4) is 0 Å². The van der Waals surface area contributed by atoms with Crippen LogP contribution < -0.4 is 5.32 Å². The Morgan fingerprint density at radius 2 is 2.17 bits per heavy atom. The molecule has 1 aliphatic rings. The maximum atomic E-state index is 12.4. The zero-order valence-electron chi connectivity index (χ0n) is 14.3. The van der Waals surface area contributed by atoms with E-state index in [1.807, 2.05) is 6.92 Å². The zero-order valence-corrected chi connectivity index (χ0v) is 14.3. The van der Waals surface area contributed by atoms with Crippen LogP contribution in [0.4, 0.5) is 0 Å². The molecule has 0 aliphatic carbocycles. The fourth-order valence-corrected chi connectivity index (χ4v) is 3.05. The Labute approximate surface area is 142 Å². The number of nitrogens with zero attached hydrogens (tertiary/aromatic N) is 3. The van der Waals surface area contributed by atoms with Crippen molar-refractivity contribution in [2.24, 2.45) is 0 Å². The van der Waals surface area contributed by atoms with Gasteiger partial charge in [0, 0.05) is 26.1 Å². The molecule has 1 N–H and O–H groups in total. The van der Waals surface area contributed by atoms with Crippen LogP contribution in [0.2, 0.25) is 0 Å². The smallest absolute Gasteiger partial charge is 0.237 e. The third kappa shape index (κ3) is 4.00. The van der Waals surface area contributed by atoms with Gasteiger partial charge in [0.25, 0.3) is 0 Å². The van der Waals surface area contributed by atoms with E-state index in [2.05, 4.69) is 44.6 Å². The molecule has 1 aromatic heterocycles. The molecule has 6 nitrogen and oxygen atoms in total. The summed E-state index contributed by atoms with van der Waals surface area (Å²) in [5.41, 5.74) is 2.73. The summed E-state index contributed by atoms with van der Waals surface area (Å²) in [4.78, 5) is 18.8. The van der Waals surface area contributed by atoms with Gasteiger partial charge in [0.15, 0.2) is 5.82 Å². The molecular weight excluding hydrogens is 304 g/mol. The van der Waals surface area contributed by atoms with Crippen LogP contribution in [-0.2, 0) is 24.2 Å². The number of fused-ring (bicyclic) bond motifs is 1. The van der Waals surface area contributed by atoms with Crippen molar-refractivity contribution in [1.29, 1.82) is 0 Å². The molecule has 1 amide bonds. The second kappa shape index (κ2) is 7.57. The summed E-state index contributed by atoms with van der Waals surface area (Å²) in [5, 5.41) is 6.77. The number of nitrogens with one attached hydrogen (secondary N) is 1. The normalized spacial score (nSPS) is 15.8. The minimum Gasteiger partial charge on any atom is -0.355 e. The van der Waals surface area contributed by atoms with Crippen molar-refractivity contribution in [2.45, 2.75) is 45.7 Å². The molecule has 2 aromatic rings. The van der Waals surface area contributed by atoms with Crippen molar-refractivity contribution in [3.8, 4) is 0 Å². The summed E-state index contributed by atoms with van der Waals surface area (Å²) in [5.74, 6) is 1.35. The van der Waals surface area contributed by atoms with E-state index in [0.717, 1.165) is 25.9 Å². The van der Waals surface area contributed by atoms with Gasteiger partial charge in [0.2, 0.25) is 11.8 Å². The van der Waals surface area contributed by atoms with Gasteiger partial charge in [-0.3, -0.25) is 9.69 Å². The number of rotatable bonds is 6. The van der Waals surface area contributed by atoms with E-state index in [1.165, 1.54) is 11.1 Å². The van der Waals surface area contributed by atoms with E-state index in [0.29, 0.717) is 24.7 Å². The molecule has 1 aromatic carbocycles. The van der Waals surface area contributed by atoms with Crippen LogP contribution in [0, 0.1) is 6.92 Å². The number of benzene rings is 1. The van der Waals surface area contributed by atoms with E-state index in [9.17, 15) is 4.79 Å². The predicted molar refractivity (Wildman–Crippen MR) is 90.4 cm³/mol. The second-order valence-corrected chi connectivity index (χ2v) is 6.30. The molecule has 3 rings (SSSR count). The third-order valence-electron chi connectivity index (χ3n) is 4.52. The van der Waals surface area contributed by atoms with Gasteiger partial charge < -0.3 is 9.84 Å². The Morgan fingerprint density at radius 1 is 1.38 bits per heavy atom. The standard InChI is InChI=1S/C18H24N4O2/c1-13(22-11-9-15-6-3-4-7-16(15)12-22)18(23)19-10-5-8-17-20-14(2)21-24-17/h3-4,6-7,13H,5,8-12H2,1-2H3,(H,19,23). The van der Waals surface area contributed by atoms with Gasteiger partial charge in [-0.1, -0.05) is 29.4 Å². The molecule has 1 unspecified atom stereocenters. The van der Waals surface area contributed by atoms with E-state index >= 15 is 0 Å². The molecular formula is C18H24N4O2. The summed E-state index contributed by atoms with van der Waals surface area (Å²) in [7, 11) is 0. The minimum absolute atomic E-state index is 0.0797. The average molecular weight is 328 g/mol. The highest BCUT2D eigenvalue weighted by molar-refractivity contribution is 5.81. The van der Waals surface area contributed by atoms with Gasteiger partial charge in [-0.2, -0.15) is 4.98 Å². The van der Waals surface area contributed by atoms with Crippen molar-refractivity contribution in [3.05, 3.63) is 47.1 Å². The zero-order chi connectivity index (χ0) is 16.9. The van der Waals surface area contributed by atoms with Crippen LogP contribution in [0.15, 0.2) is 28.8 Å². The Bertz CT molecular complexity index is 698. The van der Waals surface area contributed by atoms with E-state index in [4.69, 9.17) is 4.52 Å². The molecule has 0 fully saturated rings. The van der Waals surface area contributed by atoms with Gasteiger partial charge in [0.05, 0.1) is 6.04 Å². The number of aryl methyl sites for hydroxylation is 2. The van der Waals surface area contributed by atoms with E-state index < -0.39 is 0 Å². The molecule has 0 saturated heterocycles. The lowest BCUT2D eigenvalue weighted by Crippen LogP contribution is -2.47. The highest BCUT2D eigenvalue weighted by atomic mass is 16.5. The lowest BCUT2D eigenvalue weighted by molar-refractivity contribution is -0.126. The Morgan fingerprint density at radius 3 is 2.92 bits per heavy atom. The Kier molecular flexibility index (Phi) is 5.25. The van der Waals surface area contributed by atoms with Gasteiger partial charge in [0.1, 0.15) is 0 Å². The van der Waals surface area contributed by atoms with E-state index in [1.54, 1.807) is 6.92 Å². The first-order valence-corrected chi connectivity index (χ1v) is 8.51. The third-order valence-corrected chi connectivity index (χ3v) is 4.52. The fraction of sp³-hybridized carbons (Fsp3) is 0.500.